The molecule has 1 N–H and O–H groups in total. The van der Waals surface area contributed by atoms with Crippen LogP contribution in [0.5, 0.6) is 11.5 Å². The summed E-state index contributed by atoms with van der Waals surface area (Å²) in [6, 6.07) is 7.87. The molecule has 36 heavy (non-hydrogen) atoms. The Kier molecular flexibility index (Phi) is 6.20. The van der Waals surface area contributed by atoms with Gasteiger partial charge in [0.15, 0.2) is 17.3 Å². The SMILES string of the molecule is FC1(F)CCN(c2cc(Nc3ncccc3Oc3cn(C4CC4)nc3C3CCOCC3)ccn2)CC1. The van der Waals surface area contributed by atoms with Crippen molar-refractivity contribution in [3.05, 3.63) is 48.5 Å². The Balaban J connectivity index is 1.22. The van der Waals surface area contributed by atoms with Crippen molar-refractivity contribution in [2.24, 2.45) is 0 Å². The molecule has 0 atom stereocenters. The number of aromatic nitrogens is 4. The van der Waals surface area contributed by atoms with Crippen molar-refractivity contribution < 1.29 is 18.3 Å². The predicted molar refractivity (Wildman–Crippen MR) is 132 cm³/mol. The lowest BCUT2D eigenvalue weighted by atomic mass is 9.96. The normalized spacial score (nSPS) is 20.3. The highest BCUT2D eigenvalue weighted by atomic mass is 19.3. The molecule has 6 rings (SSSR count). The summed E-state index contributed by atoms with van der Waals surface area (Å²) < 4.78 is 41.2. The molecule has 0 spiro atoms. The summed E-state index contributed by atoms with van der Waals surface area (Å²) in [5.74, 6) is 0.301. The fraction of sp³-hybridized carbons (Fsp3) is 0.500. The number of hydrogen-bond donors (Lipinski definition) is 1. The first kappa shape index (κ1) is 23.1. The zero-order chi connectivity index (χ0) is 24.5. The molecule has 1 saturated carbocycles. The van der Waals surface area contributed by atoms with Gasteiger partial charge in [-0.2, -0.15) is 5.10 Å². The third-order valence-corrected chi connectivity index (χ3v) is 7.07. The largest absolute Gasteiger partial charge is 0.450 e. The van der Waals surface area contributed by atoms with Crippen molar-refractivity contribution in [2.45, 2.75) is 56.4 Å². The first-order valence-corrected chi connectivity index (χ1v) is 12.7. The van der Waals surface area contributed by atoms with Gasteiger partial charge in [-0.15, -0.1) is 0 Å². The number of piperidine rings is 1. The van der Waals surface area contributed by atoms with E-state index in [1.165, 1.54) is 0 Å². The number of hydrogen-bond acceptors (Lipinski definition) is 7. The Morgan fingerprint density at radius 2 is 1.81 bits per heavy atom. The van der Waals surface area contributed by atoms with Crippen LogP contribution in [-0.2, 0) is 4.74 Å². The topological polar surface area (TPSA) is 77.3 Å². The van der Waals surface area contributed by atoms with E-state index in [9.17, 15) is 8.78 Å². The van der Waals surface area contributed by atoms with Crippen molar-refractivity contribution in [1.82, 2.24) is 19.7 Å². The number of pyridine rings is 2. The second-order valence-electron chi connectivity index (χ2n) is 9.80. The van der Waals surface area contributed by atoms with Gasteiger partial charge in [0.05, 0.1) is 12.2 Å². The van der Waals surface area contributed by atoms with Crippen molar-refractivity contribution in [3.8, 4) is 11.5 Å². The van der Waals surface area contributed by atoms with Crippen molar-refractivity contribution >= 4 is 17.3 Å². The van der Waals surface area contributed by atoms with E-state index in [2.05, 4.69) is 15.3 Å². The molecule has 0 aromatic carbocycles. The van der Waals surface area contributed by atoms with E-state index in [-0.39, 0.29) is 25.9 Å². The molecule has 3 aliphatic rings. The van der Waals surface area contributed by atoms with Gasteiger partial charge in [0.2, 0.25) is 0 Å². The zero-order valence-corrected chi connectivity index (χ0v) is 20.1. The number of rotatable bonds is 7. The Morgan fingerprint density at radius 1 is 1.00 bits per heavy atom. The summed E-state index contributed by atoms with van der Waals surface area (Å²) in [4.78, 5) is 10.8. The third kappa shape index (κ3) is 5.13. The van der Waals surface area contributed by atoms with Crippen LogP contribution in [0.3, 0.4) is 0 Å². The minimum atomic E-state index is -2.59. The van der Waals surface area contributed by atoms with Crippen molar-refractivity contribution in [2.75, 3.05) is 36.5 Å². The first-order valence-electron chi connectivity index (χ1n) is 12.7. The molecule has 0 radical (unpaired) electrons. The lowest BCUT2D eigenvalue weighted by Gasteiger charge is -2.32. The summed E-state index contributed by atoms with van der Waals surface area (Å²) >= 11 is 0. The van der Waals surface area contributed by atoms with Crippen LogP contribution in [0.15, 0.2) is 42.9 Å². The molecule has 0 unspecified atom stereocenters. The molecule has 10 heteroatoms. The average Bonchev–Trinajstić information content (AvgIpc) is 3.66. The number of halogens is 2. The number of alkyl halides is 2. The van der Waals surface area contributed by atoms with E-state index < -0.39 is 5.92 Å². The standard InChI is InChI=1S/C26H30F2N6O2/c27-26(28)8-12-33(13-9-26)23-16-19(5-11-29-23)31-25-21(2-1-10-30-25)36-22-17-34(20-3-4-20)32-24(22)18-6-14-35-15-7-18/h1-2,5,10-11,16-18,20H,3-4,6-9,12-15H2,(H,29,30,31). The van der Waals surface area contributed by atoms with Crippen molar-refractivity contribution in [1.29, 1.82) is 0 Å². The van der Waals surface area contributed by atoms with E-state index in [4.69, 9.17) is 14.6 Å². The fourth-order valence-electron chi connectivity index (χ4n) is 4.80. The van der Waals surface area contributed by atoms with Gasteiger partial charge in [-0.05, 0) is 43.9 Å². The first-order chi connectivity index (χ1) is 17.5. The van der Waals surface area contributed by atoms with E-state index in [0.29, 0.717) is 29.3 Å². The van der Waals surface area contributed by atoms with Gasteiger partial charge >= 0.3 is 0 Å². The summed E-state index contributed by atoms with van der Waals surface area (Å²) in [7, 11) is 0. The average molecular weight is 497 g/mol. The molecule has 3 fully saturated rings. The highest BCUT2D eigenvalue weighted by Crippen LogP contribution is 2.41. The van der Waals surface area contributed by atoms with E-state index in [1.54, 1.807) is 12.4 Å². The number of nitrogens with zero attached hydrogens (tertiary/aromatic N) is 5. The molecule has 1 aliphatic carbocycles. The maximum Gasteiger partial charge on any atom is 0.251 e. The Bertz CT molecular complexity index is 1200. The Hall–Kier alpha value is -3.27. The molecule has 190 valence electrons. The van der Waals surface area contributed by atoms with Gasteiger partial charge in [0.1, 0.15) is 11.5 Å². The summed E-state index contributed by atoms with van der Waals surface area (Å²) in [5.41, 5.74) is 1.74. The summed E-state index contributed by atoms with van der Waals surface area (Å²) in [6.07, 6.45) is 9.23. The van der Waals surface area contributed by atoms with Gasteiger partial charge in [0, 0.05) is 69.2 Å². The van der Waals surface area contributed by atoms with E-state index in [1.807, 2.05) is 40.0 Å². The molecule has 8 nitrogen and oxygen atoms in total. The van der Waals surface area contributed by atoms with Gasteiger partial charge < -0.3 is 19.7 Å². The van der Waals surface area contributed by atoms with Crippen LogP contribution in [0.2, 0.25) is 0 Å². The zero-order valence-electron chi connectivity index (χ0n) is 20.1. The van der Waals surface area contributed by atoms with Crippen LogP contribution in [0.25, 0.3) is 0 Å². The molecule has 0 amide bonds. The predicted octanol–water partition coefficient (Wildman–Crippen LogP) is 5.67. The maximum atomic E-state index is 13.6. The summed E-state index contributed by atoms with van der Waals surface area (Å²) in [6.45, 7) is 2.03. The minimum Gasteiger partial charge on any atom is -0.450 e. The molecular weight excluding hydrogens is 466 g/mol. The minimum absolute atomic E-state index is 0.158. The second-order valence-corrected chi connectivity index (χ2v) is 9.80. The molecule has 2 saturated heterocycles. The Labute approximate surface area is 208 Å². The third-order valence-electron chi connectivity index (χ3n) is 7.07. The van der Waals surface area contributed by atoms with Gasteiger partial charge in [-0.3, -0.25) is 4.68 Å². The molecule has 3 aromatic heterocycles. The number of ether oxygens (including phenoxy) is 2. The highest BCUT2D eigenvalue weighted by molar-refractivity contribution is 5.65. The number of nitrogens with one attached hydrogen (secondary N) is 1. The van der Waals surface area contributed by atoms with Crippen LogP contribution < -0.4 is 15.0 Å². The van der Waals surface area contributed by atoms with Crippen LogP contribution in [0.1, 0.15) is 56.2 Å². The fourth-order valence-corrected chi connectivity index (χ4v) is 4.80. The van der Waals surface area contributed by atoms with E-state index >= 15 is 0 Å². The molecule has 5 heterocycles. The van der Waals surface area contributed by atoms with E-state index in [0.717, 1.165) is 56.0 Å². The lowest BCUT2D eigenvalue weighted by Crippen LogP contribution is -2.39. The lowest BCUT2D eigenvalue weighted by molar-refractivity contribution is -0.0221. The molecule has 2 aliphatic heterocycles. The van der Waals surface area contributed by atoms with Crippen LogP contribution >= 0.6 is 0 Å². The maximum absolute atomic E-state index is 13.6. The second kappa shape index (κ2) is 9.65. The van der Waals surface area contributed by atoms with Gasteiger partial charge in [-0.25, -0.2) is 18.7 Å². The monoisotopic (exact) mass is 496 g/mol. The highest BCUT2D eigenvalue weighted by Gasteiger charge is 2.34. The number of anilines is 3. The quantitative estimate of drug-likeness (QED) is 0.451. The molecule has 3 aromatic rings. The van der Waals surface area contributed by atoms with Crippen LogP contribution in [-0.4, -0.2) is 52.0 Å². The van der Waals surface area contributed by atoms with Crippen LogP contribution in [0.4, 0.5) is 26.1 Å². The smallest absolute Gasteiger partial charge is 0.251 e. The van der Waals surface area contributed by atoms with Gasteiger partial charge in [0.25, 0.3) is 5.92 Å². The summed E-state index contributed by atoms with van der Waals surface area (Å²) in [5, 5.41) is 8.24. The Morgan fingerprint density at radius 3 is 2.58 bits per heavy atom. The van der Waals surface area contributed by atoms with Crippen LogP contribution in [0, 0.1) is 0 Å². The molecule has 0 bridgehead atoms. The molecular formula is C26H30F2N6O2. The van der Waals surface area contributed by atoms with Gasteiger partial charge in [-0.1, -0.05) is 0 Å². The van der Waals surface area contributed by atoms with Crippen molar-refractivity contribution in [3.63, 3.8) is 0 Å².